The Bertz CT molecular complexity index is 362. The third kappa shape index (κ3) is 3.52. The van der Waals surface area contributed by atoms with E-state index in [1.807, 2.05) is 6.92 Å². The van der Waals surface area contributed by atoms with Crippen LogP contribution in [0.4, 0.5) is 0 Å². The van der Waals surface area contributed by atoms with Crippen LogP contribution in [0, 0.1) is 6.92 Å². The van der Waals surface area contributed by atoms with Gasteiger partial charge in [-0.15, -0.1) is 11.6 Å². The van der Waals surface area contributed by atoms with Crippen molar-refractivity contribution in [2.24, 2.45) is 7.05 Å². The molecule has 0 saturated carbocycles. The van der Waals surface area contributed by atoms with Gasteiger partial charge in [0.05, 0.1) is 11.1 Å². The van der Waals surface area contributed by atoms with Crippen LogP contribution in [0.3, 0.4) is 0 Å². The number of nitrogens with one attached hydrogen (secondary N) is 1. The molecule has 4 nitrogen and oxygen atoms in total. The number of amides is 1. The molecule has 1 rings (SSSR count). The Labute approximate surface area is 101 Å². The van der Waals surface area contributed by atoms with Gasteiger partial charge in [0.25, 0.3) is 5.91 Å². The van der Waals surface area contributed by atoms with E-state index in [9.17, 15) is 4.79 Å². The molecule has 1 aromatic rings. The van der Waals surface area contributed by atoms with Gasteiger partial charge in [0.15, 0.2) is 0 Å². The highest BCUT2D eigenvalue weighted by Gasteiger charge is 2.12. The number of hydrogen-bond acceptors (Lipinski definition) is 2. The standard InChI is InChI=1S/C11H18ClN3O/c1-4-5-9(12)7-13-11(16)10-6-8(2)14-15(10)3/h6,9H,4-5,7H2,1-3H3,(H,13,16). The first-order valence-corrected chi connectivity index (χ1v) is 5.91. The third-order valence-corrected chi connectivity index (χ3v) is 2.69. The Morgan fingerprint density at radius 2 is 2.38 bits per heavy atom. The molecule has 0 bridgehead atoms. The quantitative estimate of drug-likeness (QED) is 0.803. The molecule has 1 N–H and O–H groups in total. The normalized spacial score (nSPS) is 12.5. The van der Waals surface area contributed by atoms with Gasteiger partial charge in [-0.05, 0) is 19.4 Å². The summed E-state index contributed by atoms with van der Waals surface area (Å²) in [4.78, 5) is 11.8. The fraction of sp³-hybridized carbons (Fsp3) is 0.636. The van der Waals surface area contributed by atoms with Gasteiger partial charge >= 0.3 is 0 Å². The summed E-state index contributed by atoms with van der Waals surface area (Å²) in [5.41, 5.74) is 1.40. The predicted molar refractivity (Wildman–Crippen MR) is 64.8 cm³/mol. The van der Waals surface area contributed by atoms with Crippen molar-refractivity contribution in [3.63, 3.8) is 0 Å². The second-order valence-electron chi connectivity index (χ2n) is 3.89. The maximum atomic E-state index is 11.8. The molecule has 90 valence electrons. The first-order chi connectivity index (χ1) is 7.54. The number of aryl methyl sites for hydroxylation is 2. The summed E-state index contributed by atoms with van der Waals surface area (Å²) in [7, 11) is 1.76. The molecule has 0 saturated heterocycles. The number of nitrogens with zero attached hydrogens (tertiary/aromatic N) is 2. The second kappa shape index (κ2) is 5.89. The lowest BCUT2D eigenvalue weighted by atomic mass is 10.2. The monoisotopic (exact) mass is 243 g/mol. The average Bonchev–Trinajstić information content (AvgIpc) is 2.55. The molecule has 0 aliphatic rings. The fourth-order valence-electron chi connectivity index (χ4n) is 1.53. The lowest BCUT2D eigenvalue weighted by Crippen LogP contribution is -2.31. The topological polar surface area (TPSA) is 46.9 Å². The van der Waals surface area contributed by atoms with Gasteiger partial charge in [-0.2, -0.15) is 5.10 Å². The summed E-state index contributed by atoms with van der Waals surface area (Å²) in [5.74, 6) is -0.121. The van der Waals surface area contributed by atoms with Crippen LogP contribution < -0.4 is 5.32 Å². The van der Waals surface area contributed by atoms with Crippen molar-refractivity contribution in [1.29, 1.82) is 0 Å². The number of halogens is 1. The second-order valence-corrected chi connectivity index (χ2v) is 4.51. The van der Waals surface area contributed by atoms with Crippen LogP contribution in [0.15, 0.2) is 6.07 Å². The molecule has 0 aliphatic carbocycles. The minimum atomic E-state index is -0.121. The highest BCUT2D eigenvalue weighted by atomic mass is 35.5. The van der Waals surface area contributed by atoms with Crippen LogP contribution >= 0.6 is 11.6 Å². The van der Waals surface area contributed by atoms with Crippen LogP contribution in [-0.4, -0.2) is 27.6 Å². The van der Waals surface area contributed by atoms with Crippen molar-refractivity contribution in [2.75, 3.05) is 6.54 Å². The van der Waals surface area contributed by atoms with E-state index in [1.54, 1.807) is 17.8 Å². The average molecular weight is 244 g/mol. The number of carbonyl (C=O) groups excluding carboxylic acids is 1. The van der Waals surface area contributed by atoms with Crippen molar-refractivity contribution in [2.45, 2.75) is 32.1 Å². The molecule has 1 heterocycles. The van der Waals surface area contributed by atoms with Gasteiger partial charge in [0.2, 0.25) is 0 Å². The first kappa shape index (κ1) is 13.0. The summed E-state index contributed by atoms with van der Waals surface area (Å²) in [6.07, 6.45) is 1.93. The fourth-order valence-corrected chi connectivity index (χ4v) is 1.83. The van der Waals surface area contributed by atoms with E-state index in [2.05, 4.69) is 17.3 Å². The zero-order chi connectivity index (χ0) is 12.1. The Morgan fingerprint density at radius 1 is 1.69 bits per heavy atom. The summed E-state index contributed by atoms with van der Waals surface area (Å²) in [6.45, 7) is 4.43. The van der Waals surface area contributed by atoms with E-state index in [1.165, 1.54) is 0 Å². The number of hydrogen-bond donors (Lipinski definition) is 1. The van der Waals surface area contributed by atoms with Crippen LogP contribution in [-0.2, 0) is 7.05 Å². The van der Waals surface area contributed by atoms with Crippen LogP contribution in [0.5, 0.6) is 0 Å². The van der Waals surface area contributed by atoms with Crippen molar-refractivity contribution in [3.8, 4) is 0 Å². The van der Waals surface area contributed by atoms with Crippen molar-refractivity contribution < 1.29 is 4.79 Å². The van der Waals surface area contributed by atoms with E-state index < -0.39 is 0 Å². The van der Waals surface area contributed by atoms with E-state index >= 15 is 0 Å². The summed E-state index contributed by atoms with van der Waals surface area (Å²) in [5, 5.41) is 6.93. The van der Waals surface area contributed by atoms with E-state index in [-0.39, 0.29) is 11.3 Å². The smallest absolute Gasteiger partial charge is 0.269 e. The predicted octanol–water partition coefficient (Wildman–Crippen LogP) is 1.87. The number of alkyl halides is 1. The number of aromatic nitrogens is 2. The van der Waals surface area contributed by atoms with E-state index in [0.717, 1.165) is 18.5 Å². The molecule has 0 fully saturated rings. The van der Waals surface area contributed by atoms with Crippen molar-refractivity contribution in [3.05, 3.63) is 17.5 Å². The number of rotatable bonds is 5. The van der Waals surface area contributed by atoms with Crippen molar-refractivity contribution in [1.82, 2.24) is 15.1 Å². The van der Waals surface area contributed by atoms with Gasteiger partial charge in [-0.25, -0.2) is 0 Å². The van der Waals surface area contributed by atoms with Gasteiger partial charge in [0.1, 0.15) is 5.69 Å². The molecule has 0 aromatic carbocycles. The van der Waals surface area contributed by atoms with Gasteiger partial charge < -0.3 is 5.32 Å². The Kier molecular flexibility index (Phi) is 4.80. The minimum Gasteiger partial charge on any atom is -0.349 e. The highest BCUT2D eigenvalue weighted by Crippen LogP contribution is 2.05. The molecule has 16 heavy (non-hydrogen) atoms. The minimum absolute atomic E-state index is 0.00303. The Morgan fingerprint density at radius 3 is 2.88 bits per heavy atom. The molecule has 1 amide bonds. The van der Waals surface area contributed by atoms with Gasteiger partial charge in [0, 0.05) is 13.6 Å². The SMILES string of the molecule is CCCC(Cl)CNC(=O)c1cc(C)nn1C. The van der Waals surface area contributed by atoms with Gasteiger partial charge in [-0.1, -0.05) is 13.3 Å². The molecule has 5 heteroatoms. The number of carbonyl (C=O) groups is 1. The molecule has 0 aliphatic heterocycles. The molecule has 1 aromatic heterocycles. The first-order valence-electron chi connectivity index (χ1n) is 5.47. The highest BCUT2D eigenvalue weighted by molar-refractivity contribution is 6.20. The van der Waals surface area contributed by atoms with Gasteiger partial charge in [-0.3, -0.25) is 9.48 Å². The summed E-state index contributed by atoms with van der Waals surface area (Å²) < 4.78 is 1.58. The molecule has 1 atom stereocenters. The molecule has 0 radical (unpaired) electrons. The van der Waals surface area contributed by atoms with E-state index in [4.69, 9.17) is 11.6 Å². The summed E-state index contributed by atoms with van der Waals surface area (Å²) in [6, 6.07) is 1.76. The zero-order valence-corrected chi connectivity index (χ0v) is 10.7. The molecule has 0 spiro atoms. The third-order valence-electron chi connectivity index (χ3n) is 2.32. The molecular formula is C11H18ClN3O. The Balaban J connectivity index is 2.50. The van der Waals surface area contributed by atoms with E-state index in [0.29, 0.717) is 12.2 Å². The largest absolute Gasteiger partial charge is 0.349 e. The lowest BCUT2D eigenvalue weighted by Gasteiger charge is -2.09. The van der Waals surface area contributed by atoms with Crippen LogP contribution in [0.25, 0.3) is 0 Å². The van der Waals surface area contributed by atoms with Crippen LogP contribution in [0.2, 0.25) is 0 Å². The zero-order valence-electron chi connectivity index (χ0n) is 9.96. The lowest BCUT2D eigenvalue weighted by molar-refractivity contribution is 0.0944. The van der Waals surface area contributed by atoms with Crippen molar-refractivity contribution >= 4 is 17.5 Å². The molecular weight excluding hydrogens is 226 g/mol. The summed E-state index contributed by atoms with van der Waals surface area (Å²) >= 11 is 6.02. The Hall–Kier alpha value is -1.03. The maximum Gasteiger partial charge on any atom is 0.269 e. The molecule has 1 unspecified atom stereocenters. The van der Waals surface area contributed by atoms with Crippen LogP contribution in [0.1, 0.15) is 35.9 Å². The maximum absolute atomic E-state index is 11.8.